The molecule has 34 heavy (non-hydrogen) atoms. The first-order valence-corrected chi connectivity index (χ1v) is 10.7. The van der Waals surface area contributed by atoms with Gasteiger partial charge in [0, 0.05) is 5.69 Å². The highest BCUT2D eigenvalue weighted by molar-refractivity contribution is 5.95. The number of hydrogen-bond acceptors (Lipinski definition) is 7. The second kappa shape index (κ2) is 10.4. The van der Waals surface area contributed by atoms with Crippen molar-refractivity contribution in [3.05, 3.63) is 89.2 Å². The van der Waals surface area contributed by atoms with Crippen molar-refractivity contribution >= 4 is 28.5 Å². The number of hydrogen-bond donors (Lipinski definition) is 1. The van der Waals surface area contributed by atoms with Crippen molar-refractivity contribution in [3.8, 4) is 11.5 Å². The molecule has 1 heterocycles. The van der Waals surface area contributed by atoms with Gasteiger partial charge in [-0.05, 0) is 55.5 Å². The molecule has 9 heteroatoms. The van der Waals surface area contributed by atoms with Gasteiger partial charge in [-0.3, -0.25) is 14.4 Å². The van der Waals surface area contributed by atoms with Crippen LogP contribution in [-0.4, -0.2) is 33.0 Å². The first-order chi connectivity index (χ1) is 16.5. The van der Waals surface area contributed by atoms with Crippen LogP contribution in [0, 0.1) is 0 Å². The lowest BCUT2D eigenvalue weighted by molar-refractivity contribution is -0.153. The van der Waals surface area contributed by atoms with Gasteiger partial charge in [0.15, 0.2) is 6.10 Å². The van der Waals surface area contributed by atoms with Gasteiger partial charge in [0.1, 0.15) is 17.0 Å². The molecule has 0 saturated heterocycles. The van der Waals surface area contributed by atoms with Gasteiger partial charge in [-0.25, -0.2) is 4.68 Å². The molecule has 0 fully saturated rings. The zero-order valence-electron chi connectivity index (χ0n) is 18.4. The summed E-state index contributed by atoms with van der Waals surface area (Å²) in [4.78, 5) is 37.0. The van der Waals surface area contributed by atoms with E-state index in [0.717, 1.165) is 4.68 Å². The molecule has 3 aromatic carbocycles. The minimum atomic E-state index is -1.02. The van der Waals surface area contributed by atoms with Gasteiger partial charge in [0.05, 0.1) is 18.4 Å². The van der Waals surface area contributed by atoms with E-state index in [1.165, 1.54) is 6.92 Å². The van der Waals surface area contributed by atoms with Crippen LogP contribution in [0.25, 0.3) is 10.9 Å². The molecule has 172 valence electrons. The number of anilines is 1. The van der Waals surface area contributed by atoms with Crippen LogP contribution in [0.3, 0.4) is 0 Å². The Labute approximate surface area is 194 Å². The van der Waals surface area contributed by atoms with Crippen molar-refractivity contribution < 1.29 is 19.1 Å². The van der Waals surface area contributed by atoms with E-state index in [1.807, 2.05) is 30.3 Å². The lowest BCUT2D eigenvalue weighted by atomic mass is 10.2. The van der Waals surface area contributed by atoms with E-state index in [1.54, 1.807) is 48.5 Å². The Bertz CT molecular complexity index is 1350. The second-order valence-electron chi connectivity index (χ2n) is 7.45. The predicted molar refractivity (Wildman–Crippen MR) is 126 cm³/mol. The molecule has 0 saturated carbocycles. The molecule has 0 bridgehead atoms. The van der Waals surface area contributed by atoms with Crippen LogP contribution in [0.5, 0.6) is 11.5 Å². The number of aromatic nitrogens is 3. The summed E-state index contributed by atoms with van der Waals surface area (Å²) in [6.45, 7) is 1.47. The summed E-state index contributed by atoms with van der Waals surface area (Å²) in [6, 6.07) is 23.0. The number of amides is 1. The highest BCUT2D eigenvalue weighted by atomic mass is 16.5. The molecule has 9 nitrogen and oxygen atoms in total. The normalized spacial score (nSPS) is 11.6. The number of ether oxygens (including phenoxy) is 2. The number of aryl methyl sites for hydroxylation is 1. The van der Waals surface area contributed by atoms with Gasteiger partial charge in [0.25, 0.3) is 11.5 Å². The molecular weight excluding hydrogens is 436 g/mol. The number of fused-ring (bicyclic) bond motifs is 1. The maximum absolute atomic E-state index is 12.4. The van der Waals surface area contributed by atoms with E-state index < -0.39 is 18.0 Å². The van der Waals surface area contributed by atoms with Crippen molar-refractivity contribution in [2.75, 3.05) is 5.32 Å². The molecule has 0 spiro atoms. The van der Waals surface area contributed by atoms with Gasteiger partial charge in [-0.1, -0.05) is 35.5 Å². The Balaban J connectivity index is 1.27. The third-order valence-electron chi connectivity index (χ3n) is 4.94. The van der Waals surface area contributed by atoms with E-state index in [0.29, 0.717) is 28.1 Å². The summed E-state index contributed by atoms with van der Waals surface area (Å²) in [5.74, 6) is 0.219. The van der Waals surface area contributed by atoms with Crippen LogP contribution < -0.4 is 15.6 Å². The van der Waals surface area contributed by atoms with Crippen LogP contribution in [0.2, 0.25) is 0 Å². The number of para-hydroxylation sites is 1. The predicted octanol–water partition coefficient (Wildman–Crippen LogP) is 3.54. The molecule has 1 atom stereocenters. The van der Waals surface area contributed by atoms with E-state index in [9.17, 15) is 14.4 Å². The number of nitrogens with zero attached hydrogens (tertiary/aromatic N) is 3. The van der Waals surface area contributed by atoms with Gasteiger partial charge >= 0.3 is 5.97 Å². The Morgan fingerprint density at radius 3 is 2.38 bits per heavy atom. The van der Waals surface area contributed by atoms with Crippen LogP contribution in [0.4, 0.5) is 5.69 Å². The fourth-order valence-corrected chi connectivity index (χ4v) is 3.15. The Hall–Kier alpha value is -4.53. The van der Waals surface area contributed by atoms with Crippen molar-refractivity contribution in [2.45, 2.75) is 26.0 Å². The molecule has 0 aliphatic rings. The van der Waals surface area contributed by atoms with Gasteiger partial charge in [-0.15, -0.1) is 5.10 Å². The van der Waals surface area contributed by atoms with E-state index in [-0.39, 0.29) is 18.5 Å². The molecule has 0 radical (unpaired) electrons. The number of carbonyl (C=O) groups is 2. The lowest BCUT2D eigenvalue weighted by Gasteiger charge is -2.14. The fourth-order valence-electron chi connectivity index (χ4n) is 3.15. The summed E-state index contributed by atoms with van der Waals surface area (Å²) in [5, 5.41) is 10.9. The fraction of sp³-hybridized carbons (Fsp3) is 0.160. The van der Waals surface area contributed by atoms with E-state index in [2.05, 4.69) is 15.6 Å². The SMILES string of the molecule is CC(OC(=O)CCn1nnc2ccccc2c1=O)C(=O)Nc1ccc(Oc2ccccc2)cc1. The maximum Gasteiger partial charge on any atom is 0.308 e. The van der Waals surface area contributed by atoms with Crippen LogP contribution in [-0.2, 0) is 20.9 Å². The van der Waals surface area contributed by atoms with Gasteiger partial charge in [0.2, 0.25) is 0 Å². The van der Waals surface area contributed by atoms with Crippen molar-refractivity contribution in [2.24, 2.45) is 0 Å². The van der Waals surface area contributed by atoms with Crippen LogP contribution >= 0.6 is 0 Å². The molecule has 1 unspecified atom stereocenters. The lowest BCUT2D eigenvalue weighted by Crippen LogP contribution is -2.31. The summed E-state index contributed by atoms with van der Waals surface area (Å²) in [5.41, 5.74) is 0.673. The second-order valence-corrected chi connectivity index (χ2v) is 7.45. The van der Waals surface area contributed by atoms with Crippen molar-refractivity contribution in [1.82, 2.24) is 15.0 Å². The van der Waals surface area contributed by atoms with Crippen LogP contribution in [0.15, 0.2) is 83.7 Å². The smallest absolute Gasteiger partial charge is 0.308 e. The highest BCUT2D eigenvalue weighted by Gasteiger charge is 2.18. The molecule has 1 amide bonds. The van der Waals surface area contributed by atoms with Gasteiger partial charge in [-0.2, -0.15) is 0 Å². The summed E-state index contributed by atoms with van der Waals surface area (Å²) in [7, 11) is 0. The average Bonchev–Trinajstić information content (AvgIpc) is 2.85. The number of rotatable bonds is 8. The first kappa shape index (κ1) is 22.7. The molecule has 0 aliphatic carbocycles. The number of carbonyl (C=O) groups excluding carboxylic acids is 2. The molecule has 0 aliphatic heterocycles. The Morgan fingerprint density at radius 1 is 0.941 bits per heavy atom. The molecule has 1 N–H and O–H groups in total. The number of benzene rings is 3. The highest BCUT2D eigenvalue weighted by Crippen LogP contribution is 2.22. The van der Waals surface area contributed by atoms with Crippen LogP contribution in [0.1, 0.15) is 13.3 Å². The van der Waals surface area contributed by atoms with Crippen molar-refractivity contribution in [1.29, 1.82) is 0 Å². The van der Waals surface area contributed by atoms with E-state index in [4.69, 9.17) is 9.47 Å². The first-order valence-electron chi connectivity index (χ1n) is 10.7. The molecule has 4 aromatic rings. The minimum Gasteiger partial charge on any atom is -0.457 e. The quantitative estimate of drug-likeness (QED) is 0.402. The standard InChI is InChI=1S/C25H22N4O5/c1-17(24(31)26-18-11-13-20(14-12-18)34-19-7-3-2-4-8-19)33-23(30)15-16-29-25(32)21-9-5-6-10-22(21)27-28-29/h2-14,17H,15-16H2,1H3,(H,26,31). The number of esters is 1. The Kier molecular flexibility index (Phi) is 6.92. The molecular formula is C25H22N4O5. The summed E-state index contributed by atoms with van der Waals surface area (Å²) < 4.78 is 12.0. The molecule has 4 rings (SSSR count). The Morgan fingerprint density at radius 2 is 1.62 bits per heavy atom. The third kappa shape index (κ3) is 5.63. The van der Waals surface area contributed by atoms with Gasteiger partial charge < -0.3 is 14.8 Å². The molecule has 1 aromatic heterocycles. The van der Waals surface area contributed by atoms with Crippen molar-refractivity contribution in [3.63, 3.8) is 0 Å². The minimum absolute atomic E-state index is 0.00723. The largest absolute Gasteiger partial charge is 0.457 e. The monoisotopic (exact) mass is 458 g/mol. The third-order valence-corrected chi connectivity index (χ3v) is 4.94. The average molecular weight is 458 g/mol. The summed E-state index contributed by atoms with van der Waals surface area (Å²) >= 11 is 0. The number of nitrogens with one attached hydrogen (secondary N) is 1. The van der Waals surface area contributed by atoms with E-state index >= 15 is 0 Å². The topological polar surface area (TPSA) is 112 Å². The summed E-state index contributed by atoms with van der Waals surface area (Å²) in [6.07, 6.45) is -1.15. The zero-order chi connectivity index (χ0) is 23.9. The zero-order valence-corrected chi connectivity index (χ0v) is 18.4. The maximum atomic E-state index is 12.4.